The number of rotatable bonds is 4. The fraction of sp³-hybridized carbons (Fsp3) is 0.571. The molecule has 1 aromatic rings. The van der Waals surface area contributed by atoms with Crippen molar-refractivity contribution < 1.29 is 0 Å². The molecule has 1 nitrogen and oxygen atoms in total. The maximum Gasteiger partial charge on any atom is 0.0405 e. The summed E-state index contributed by atoms with van der Waals surface area (Å²) in [5, 5.41) is 3.80. The Morgan fingerprint density at radius 3 is 2.40 bits per heavy atom. The summed E-state index contributed by atoms with van der Waals surface area (Å²) in [5.74, 6) is 0. The van der Waals surface area contributed by atoms with Gasteiger partial charge in [0, 0.05) is 11.6 Å². The minimum atomic E-state index is 0.159. The molecule has 0 aliphatic heterocycles. The molecular weight excluding hydrogens is 182 g/mol. The van der Waals surface area contributed by atoms with E-state index in [0.29, 0.717) is 0 Å². The van der Waals surface area contributed by atoms with Gasteiger partial charge in [0.1, 0.15) is 0 Å². The van der Waals surface area contributed by atoms with E-state index in [9.17, 15) is 0 Å². The molecule has 1 fully saturated rings. The molecule has 0 heterocycles. The van der Waals surface area contributed by atoms with E-state index >= 15 is 0 Å². The molecule has 0 amide bonds. The molecule has 1 unspecified atom stereocenters. The number of benzene rings is 1. The third-order valence-electron chi connectivity index (χ3n) is 3.75. The Labute approximate surface area is 92.9 Å². The highest BCUT2D eigenvalue weighted by atomic mass is 15.0. The Balaban J connectivity index is 2.12. The zero-order valence-corrected chi connectivity index (χ0v) is 9.79. The molecule has 1 atom stereocenters. The van der Waals surface area contributed by atoms with Crippen LogP contribution in [0.25, 0.3) is 0 Å². The molecule has 1 aliphatic rings. The second-order valence-electron chi connectivity index (χ2n) is 4.82. The summed E-state index contributed by atoms with van der Waals surface area (Å²) in [5.41, 5.74) is 1.58. The van der Waals surface area contributed by atoms with E-state index in [-0.39, 0.29) is 5.54 Å². The van der Waals surface area contributed by atoms with Crippen LogP contribution in [0.4, 0.5) is 0 Å². The Kier molecular flexibility index (Phi) is 3.11. The second kappa shape index (κ2) is 4.36. The van der Waals surface area contributed by atoms with Gasteiger partial charge in [-0.05, 0) is 31.7 Å². The average Bonchev–Trinajstić information content (AvgIpc) is 2.24. The second-order valence-corrected chi connectivity index (χ2v) is 4.82. The Bertz CT molecular complexity index is 302. The highest BCUT2D eigenvalue weighted by Crippen LogP contribution is 2.29. The fourth-order valence-corrected chi connectivity index (χ4v) is 2.20. The van der Waals surface area contributed by atoms with Crippen molar-refractivity contribution in [3.63, 3.8) is 0 Å². The van der Waals surface area contributed by atoms with Crippen LogP contribution in [0.3, 0.4) is 0 Å². The lowest BCUT2D eigenvalue weighted by molar-refractivity contribution is 0.233. The van der Waals surface area contributed by atoms with Gasteiger partial charge in [0.05, 0.1) is 0 Å². The summed E-state index contributed by atoms with van der Waals surface area (Å²) in [6.07, 6.45) is 5.24. The zero-order valence-electron chi connectivity index (χ0n) is 9.79. The maximum absolute atomic E-state index is 3.80. The van der Waals surface area contributed by atoms with Crippen LogP contribution in [-0.4, -0.2) is 6.04 Å². The molecule has 82 valence electrons. The molecule has 0 radical (unpaired) electrons. The molecule has 0 saturated heterocycles. The molecule has 15 heavy (non-hydrogen) atoms. The largest absolute Gasteiger partial charge is 0.305 e. The van der Waals surface area contributed by atoms with Gasteiger partial charge >= 0.3 is 0 Å². The average molecular weight is 203 g/mol. The van der Waals surface area contributed by atoms with Crippen LogP contribution >= 0.6 is 0 Å². The van der Waals surface area contributed by atoms with Crippen molar-refractivity contribution in [3.8, 4) is 0 Å². The van der Waals surface area contributed by atoms with Crippen LogP contribution < -0.4 is 5.32 Å². The van der Waals surface area contributed by atoms with Crippen LogP contribution in [0.2, 0.25) is 0 Å². The van der Waals surface area contributed by atoms with Crippen molar-refractivity contribution in [2.75, 3.05) is 0 Å². The summed E-state index contributed by atoms with van der Waals surface area (Å²) < 4.78 is 0. The number of nitrogens with one attached hydrogen (secondary N) is 1. The highest BCUT2D eigenvalue weighted by molar-refractivity contribution is 5.23. The van der Waals surface area contributed by atoms with Crippen molar-refractivity contribution in [1.29, 1.82) is 0 Å². The minimum Gasteiger partial charge on any atom is -0.305 e. The standard InChI is InChI=1S/C14H21N/c1-3-14(2,15-13-10-7-11-13)12-8-5-4-6-9-12/h4-6,8-9,13,15H,3,7,10-11H2,1-2H3. The zero-order chi connectivity index (χ0) is 10.7. The third-order valence-corrected chi connectivity index (χ3v) is 3.75. The van der Waals surface area contributed by atoms with Crippen LogP contribution in [0, 0.1) is 0 Å². The lowest BCUT2D eigenvalue weighted by Gasteiger charge is -2.38. The van der Waals surface area contributed by atoms with E-state index in [4.69, 9.17) is 0 Å². The summed E-state index contributed by atoms with van der Waals surface area (Å²) >= 11 is 0. The molecule has 1 saturated carbocycles. The van der Waals surface area contributed by atoms with Crippen LogP contribution in [0.15, 0.2) is 30.3 Å². The SMILES string of the molecule is CCC(C)(NC1CCC1)c1ccccc1. The fourth-order valence-electron chi connectivity index (χ4n) is 2.20. The predicted molar refractivity (Wildman–Crippen MR) is 64.9 cm³/mol. The van der Waals surface area contributed by atoms with E-state index in [1.54, 1.807) is 0 Å². The highest BCUT2D eigenvalue weighted by Gasteiger charge is 2.29. The van der Waals surface area contributed by atoms with Crippen LogP contribution in [0.5, 0.6) is 0 Å². The lowest BCUT2D eigenvalue weighted by Crippen LogP contribution is -2.48. The van der Waals surface area contributed by atoms with Gasteiger partial charge in [-0.15, -0.1) is 0 Å². The van der Waals surface area contributed by atoms with E-state index in [1.165, 1.54) is 24.8 Å². The molecule has 0 bridgehead atoms. The molecule has 0 aromatic heterocycles. The molecule has 0 spiro atoms. The van der Waals surface area contributed by atoms with Crippen LogP contribution in [-0.2, 0) is 5.54 Å². The quantitative estimate of drug-likeness (QED) is 0.790. The molecule has 1 heteroatoms. The number of hydrogen-bond acceptors (Lipinski definition) is 1. The van der Waals surface area contributed by atoms with Crippen LogP contribution in [0.1, 0.15) is 45.1 Å². The van der Waals surface area contributed by atoms with Crippen molar-refractivity contribution in [2.24, 2.45) is 0 Å². The first-order valence-electron chi connectivity index (χ1n) is 6.08. The Morgan fingerprint density at radius 2 is 1.93 bits per heavy atom. The van der Waals surface area contributed by atoms with Gasteiger partial charge in [0.15, 0.2) is 0 Å². The van der Waals surface area contributed by atoms with Crippen molar-refractivity contribution in [3.05, 3.63) is 35.9 Å². The maximum atomic E-state index is 3.80. The van der Waals surface area contributed by atoms with Gasteiger partial charge in [-0.25, -0.2) is 0 Å². The minimum absolute atomic E-state index is 0.159. The smallest absolute Gasteiger partial charge is 0.0405 e. The van der Waals surface area contributed by atoms with Crippen molar-refractivity contribution >= 4 is 0 Å². The monoisotopic (exact) mass is 203 g/mol. The summed E-state index contributed by atoms with van der Waals surface area (Å²) in [6.45, 7) is 4.58. The predicted octanol–water partition coefficient (Wildman–Crippen LogP) is 3.45. The summed E-state index contributed by atoms with van der Waals surface area (Å²) in [4.78, 5) is 0. The third kappa shape index (κ3) is 2.23. The van der Waals surface area contributed by atoms with Gasteiger partial charge in [0.25, 0.3) is 0 Å². The van der Waals surface area contributed by atoms with Crippen molar-refractivity contribution in [2.45, 2.75) is 51.1 Å². The summed E-state index contributed by atoms with van der Waals surface area (Å²) in [7, 11) is 0. The molecular formula is C14H21N. The van der Waals surface area contributed by atoms with Gasteiger partial charge in [-0.1, -0.05) is 43.7 Å². The Hall–Kier alpha value is -0.820. The topological polar surface area (TPSA) is 12.0 Å². The Morgan fingerprint density at radius 1 is 1.27 bits per heavy atom. The normalized spacial score (nSPS) is 20.7. The van der Waals surface area contributed by atoms with Gasteiger partial charge < -0.3 is 5.32 Å². The molecule has 1 aromatic carbocycles. The van der Waals surface area contributed by atoms with E-state index in [1.807, 2.05) is 0 Å². The number of hydrogen-bond donors (Lipinski definition) is 1. The first-order valence-corrected chi connectivity index (χ1v) is 6.08. The first kappa shape index (κ1) is 10.7. The lowest BCUT2D eigenvalue weighted by atomic mass is 9.84. The van der Waals surface area contributed by atoms with Gasteiger partial charge in [-0.2, -0.15) is 0 Å². The van der Waals surface area contributed by atoms with E-state index < -0.39 is 0 Å². The molecule has 1 N–H and O–H groups in total. The van der Waals surface area contributed by atoms with E-state index in [0.717, 1.165) is 12.5 Å². The molecule has 1 aliphatic carbocycles. The van der Waals surface area contributed by atoms with Crippen molar-refractivity contribution in [1.82, 2.24) is 5.32 Å². The summed E-state index contributed by atoms with van der Waals surface area (Å²) in [6, 6.07) is 11.6. The van der Waals surface area contributed by atoms with Gasteiger partial charge in [-0.3, -0.25) is 0 Å². The van der Waals surface area contributed by atoms with Gasteiger partial charge in [0.2, 0.25) is 0 Å². The first-order chi connectivity index (χ1) is 7.24. The molecule has 2 rings (SSSR count). The van der Waals surface area contributed by atoms with E-state index in [2.05, 4.69) is 49.5 Å².